The minimum absolute atomic E-state index is 0.910. The van der Waals surface area contributed by atoms with E-state index in [0.29, 0.717) is 0 Å². The molecule has 10 aromatic rings. The average Bonchev–Trinajstić information content (AvgIpc) is 3.74. The number of hydrogen-bond donors (Lipinski definition) is 0. The van der Waals surface area contributed by atoms with Crippen LogP contribution < -0.4 is 0 Å². The molecule has 50 heavy (non-hydrogen) atoms. The third-order valence-corrected chi connectivity index (χ3v) is 9.99. The topological polar surface area (TPSA) is 18.1 Å². The van der Waals surface area contributed by atoms with Crippen LogP contribution in [0, 0.1) is 0 Å². The maximum absolute atomic E-state index is 6.48. The molecule has 0 spiro atoms. The van der Waals surface area contributed by atoms with Gasteiger partial charge in [-0.3, -0.25) is 0 Å². The third-order valence-electron chi connectivity index (χ3n) is 9.99. The summed E-state index contributed by atoms with van der Waals surface area (Å²) in [5.74, 6) is 0. The highest BCUT2D eigenvalue weighted by molar-refractivity contribution is 6.11. The van der Waals surface area contributed by atoms with Crippen LogP contribution in [0.3, 0.4) is 0 Å². The molecule has 0 radical (unpaired) electrons. The Bertz CT molecular complexity index is 2840. The monoisotopic (exact) mass is 637 g/mol. The first-order valence-electron chi connectivity index (χ1n) is 17.1. The molecule has 0 aliphatic heterocycles. The number of aromatic nitrogens is 1. The second kappa shape index (κ2) is 11.5. The van der Waals surface area contributed by atoms with Gasteiger partial charge in [-0.1, -0.05) is 133 Å². The lowest BCUT2D eigenvalue weighted by Gasteiger charge is -2.12. The van der Waals surface area contributed by atoms with Crippen LogP contribution in [-0.2, 0) is 0 Å². The summed E-state index contributed by atoms with van der Waals surface area (Å²) in [7, 11) is 0. The standard InChI is InChI=1S/C48H31NO/c1-3-12-32(13-4-1)36-28-37(30-38(29-36)40-18-11-19-43-42-17-8-10-21-47(42)50-48(40)43)34-24-22-33(23-25-34)35-26-27-46-44(31-35)41-16-7-9-20-45(41)49(46)39-14-5-2-6-15-39/h1-31H. The minimum atomic E-state index is 0.910. The van der Waals surface area contributed by atoms with E-state index in [1.165, 1.54) is 60.9 Å². The molecular formula is C48H31NO. The van der Waals surface area contributed by atoms with Gasteiger partial charge in [-0.2, -0.15) is 0 Å². The van der Waals surface area contributed by atoms with Gasteiger partial charge in [-0.15, -0.1) is 0 Å². The van der Waals surface area contributed by atoms with E-state index in [-0.39, 0.29) is 0 Å². The summed E-state index contributed by atoms with van der Waals surface area (Å²) in [6, 6.07) is 67.4. The van der Waals surface area contributed by atoms with E-state index in [2.05, 4.69) is 180 Å². The van der Waals surface area contributed by atoms with E-state index < -0.39 is 0 Å². The molecule has 10 rings (SSSR count). The second-order valence-electron chi connectivity index (χ2n) is 12.9. The van der Waals surface area contributed by atoms with Crippen molar-refractivity contribution in [1.29, 1.82) is 0 Å². The number of benzene rings is 8. The minimum Gasteiger partial charge on any atom is -0.455 e. The van der Waals surface area contributed by atoms with Crippen molar-refractivity contribution < 1.29 is 4.42 Å². The SMILES string of the molecule is c1ccc(-c2cc(-c3ccc(-c4ccc5c(c4)c4ccccc4n5-c4ccccc4)cc3)cc(-c3cccc4c3oc3ccccc34)c2)cc1. The number of nitrogens with zero attached hydrogens (tertiary/aromatic N) is 1. The molecule has 0 fully saturated rings. The molecule has 2 aromatic heterocycles. The Morgan fingerprint density at radius 1 is 0.320 bits per heavy atom. The van der Waals surface area contributed by atoms with Crippen LogP contribution in [0.4, 0.5) is 0 Å². The lowest BCUT2D eigenvalue weighted by atomic mass is 9.92. The lowest BCUT2D eigenvalue weighted by Crippen LogP contribution is -1.92. The van der Waals surface area contributed by atoms with E-state index in [1.54, 1.807) is 0 Å². The Kier molecular flexibility index (Phi) is 6.53. The summed E-state index contributed by atoms with van der Waals surface area (Å²) >= 11 is 0. The van der Waals surface area contributed by atoms with Crippen molar-refractivity contribution in [3.8, 4) is 50.2 Å². The fourth-order valence-corrected chi connectivity index (χ4v) is 7.58. The van der Waals surface area contributed by atoms with Gasteiger partial charge in [0, 0.05) is 32.8 Å². The first-order valence-corrected chi connectivity index (χ1v) is 17.1. The van der Waals surface area contributed by atoms with Gasteiger partial charge in [0.05, 0.1) is 11.0 Å². The molecule has 0 aliphatic rings. The molecule has 2 nitrogen and oxygen atoms in total. The maximum atomic E-state index is 6.48. The summed E-state index contributed by atoms with van der Waals surface area (Å²) in [5.41, 5.74) is 14.8. The van der Waals surface area contributed by atoms with Crippen LogP contribution >= 0.6 is 0 Å². The van der Waals surface area contributed by atoms with Crippen molar-refractivity contribution in [3.05, 3.63) is 188 Å². The number of furan rings is 1. The predicted octanol–water partition coefficient (Wildman–Crippen LogP) is 13.4. The molecule has 0 aliphatic carbocycles. The molecule has 2 heterocycles. The molecule has 0 saturated carbocycles. The molecule has 0 atom stereocenters. The van der Waals surface area contributed by atoms with Gasteiger partial charge < -0.3 is 8.98 Å². The lowest BCUT2D eigenvalue weighted by molar-refractivity contribution is 0.670. The Hall–Kier alpha value is -6.64. The molecule has 0 saturated heterocycles. The van der Waals surface area contributed by atoms with Crippen molar-refractivity contribution in [2.75, 3.05) is 0 Å². The van der Waals surface area contributed by atoms with Crippen molar-refractivity contribution in [2.24, 2.45) is 0 Å². The van der Waals surface area contributed by atoms with Gasteiger partial charge in [0.15, 0.2) is 0 Å². The molecule has 0 N–H and O–H groups in total. The van der Waals surface area contributed by atoms with Crippen molar-refractivity contribution in [2.45, 2.75) is 0 Å². The summed E-state index contributed by atoms with van der Waals surface area (Å²) in [5, 5.41) is 4.79. The quantitative estimate of drug-likeness (QED) is 0.184. The number of fused-ring (bicyclic) bond motifs is 6. The molecule has 2 heteroatoms. The summed E-state index contributed by atoms with van der Waals surface area (Å²) in [4.78, 5) is 0. The zero-order valence-electron chi connectivity index (χ0n) is 27.3. The van der Waals surface area contributed by atoms with Crippen LogP contribution in [0.2, 0.25) is 0 Å². The predicted molar refractivity (Wildman–Crippen MR) is 210 cm³/mol. The largest absolute Gasteiger partial charge is 0.455 e. The molecule has 0 amide bonds. The van der Waals surface area contributed by atoms with Gasteiger partial charge >= 0.3 is 0 Å². The number of para-hydroxylation sites is 4. The summed E-state index contributed by atoms with van der Waals surface area (Å²) < 4.78 is 8.84. The highest BCUT2D eigenvalue weighted by Gasteiger charge is 2.16. The molecule has 0 bridgehead atoms. The zero-order chi connectivity index (χ0) is 33.0. The number of rotatable bonds is 5. The van der Waals surface area contributed by atoms with E-state index in [0.717, 1.165) is 33.1 Å². The molecular weight excluding hydrogens is 607 g/mol. The van der Waals surface area contributed by atoms with Gasteiger partial charge in [-0.25, -0.2) is 0 Å². The van der Waals surface area contributed by atoms with Crippen LogP contribution in [0.1, 0.15) is 0 Å². The highest BCUT2D eigenvalue weighted by atomic mass is 16.3. The second-order valence-corrected chi connectivity index (χ2v) is 12.9. The van der Waals surface area contributed by atoms with Gasteiger partial charge in [0.1, 0.15) is 11.2 Å². The number of hydrogen-bond acceptors (Lipinski definition) is 1. The third kappa shape index (κ3) is 4.65. The Labute approximate surface area is 290 Å². The van der Waals surface area contributed by atoms with Gasteiger partial charge in [0.2, 0.25) is 0 Å². The van der Waals surface area contributed by atoms with Crippen molar-refractivity contribution in [1.82, 2.24) is 4.57 Å². The Morgan fingerprint density at radius 3 is 1.66 bits per heavy atom. The van der Waals surface area contributed by atoms with Crippen LogP contribution in [-0.4, -0.2) is 4.57 Å². The van der Waals surface area contributed by atoms with Crippen LogP contribution in [0.5, 0.6) is 0 Å². The van der Waals surface area contributed by atoms with Crippen molar-refractivity contribution >= 4 is 43.7 Å². The van der Waals surface area contributed by atoms with Gasteiger partial charge in [-0.05, 0) is 93.5 Å². The Morgan fingerprint density at radius 2 is 0.880 bits per heavy atom. The van der Waals surface area contributed by atoms with Crippen molar-refractivity contribution in [3.63, 3.8) is 0 Å². The zero-order valence-corrected chi connectivity index (χ0v) is 27.3. The summed E-state index contributed by atoms with van der Waals surface area (Å²) in [6.07, 6.45) is 0. The first-order chi connectivity index (χ1) is 24.8. The highest BCUT2D eigenvalue weighted by Crippen LogP contribution is 2.40. The van der Waals surface area contributed by atoms with Crippen LogP contribution in [0.25, 0.3) is 93.9 Å². The smallest absolute Gasteiger partial charge is 0.143 e. The summed E-state index contributed by atoms with van der Waals surface area (Å²) in [6.45, 7) is 0. The fourth-order valence-electron chi connectivity index (χ4n) is 7.58. The molecule has 8 aromatic carbocycles. The average molecular weight is 638 g/mol. The maximum Gasteiger partial charge on any atom is 0.143 e. The van der Waals surface area contributed by atoms with E-state index in [1.807, 2.05) is 12.1 Å². The van der Waals surface area contributed by atoms with Crippen LogP contribution in [0.15, 0.2) is 192 Å². The van der Waals surface area contributed by atoms with Gasteiger partial charge in [0.25, 0.3) is 0 Å². The Balaban J connectivity index is 1.08. The van der Waals surface area contributed by atoms with E-state index >= 15 is 0 Å². The van der Waals surface area contributed by atoms with E-state index in [4.69, 9.17) is 4.42 Å². The van der Waals surface area contributed by atoms with E-state index in [9.17, 15) is 0 Å². The fraction of sp³-hybridized carbons (Fsp3) is 0. The normalized spacial score (nSPS) is 11.6. The first kappa shape index (κ1) is 28.4. The molecule has 0 unspecified atom stereocenters. The molecule has 234 valence electrons.